The van der Waals surface area contributed by atoms with Crippen LogP contribution in [0.3, 0.4) is 0 Å². The van der Waals surface area contributed by atoms with E-state index in [-0.39, 0.29) is 0 Å². The average molecular weight is 172 g/mol. The smallest absolute Gasteiger partial charge is 0.196 e. The zero-order valence-electron chi connectivity index (χ0n) is 7.30. The molecule has 1 aromatic heterocycles. The summed E-state index contributed by atoms with van der Waals surface area (Å²) < 4.78 is 17.1. The van der Waals surface area contributed by atoms with E-state index in [1.165, 1.54) is 6.20 Å². The number of alkyl halides is 1. The molecule has 0 saturated heterocycles. The third-order valence-electron chi connectivity index (χ3n) is 1.71. The largest absolute Gasteiger partial charge is 0.443 e. The van der Waals surface area contributed by atoms with Crippen LogP contribution < -0.4 is 5.32 Å². The summed E-state index contributed by atoms with van der Waals surface area (Å²) >= 11 is 0. The lowest BCUT2D eigenvalue weighted by molar-refractivity contribution is 0.366. The zero-order valence-corrected chi connectivity index (χ0v) is 7.30. The van der Waals surface area contributed by atoms with Crippen molar-refractivity contribution in [2.45, 2.75) is 26.1 Å². The summed E-state index contributed by atoms with van der Waals surface area (Å²) in [4.78, 5) is 3.93. The number of rotatable bonds is 4. The average Bonchev–Trinajstić information content (AvgIpc) is 2.52. The van der Waals surface area contributed by atoms with Gasteiger partial charge in [0.15, 0.2) is 11.7 Å². The molecule has 1 N–H and O–H groups in total. The molecule has 0 aliphatic carbocycles. The van der Waals surface area contributed by atoms with Crippen molar-refractivity contribution in [3.63, 3.8) is 0 Å². The maximum Gasteiger partial charge on any atom is 0.196 e. The Balaban J connectivity index is 2.52. The fraction of sp³-hybridized carbons (Fsp3) is 0.625. The van der Waals surface area contributed by atoms with Gasteiger partial charge in [-0.3, -0.25) is 0 Å². The van der Waals surface area contributed by atoms with Crippen LogP contribution in [0.2, 0.25) is 0 Å². The highest BCUT2D eigenvalue weighted by atomic mass is 19.1. The first-order valence-electron chi connectivity index (χ1n) is 3.93. The molecule has 0 amide bonds. The van der Waals surface area contributed by atoms with Crippen LogP contribution in [0.1, 0.15) is 18.6 Å². The quantitative estimate of drug-likeness (QED) is 0.743. The Hall–Kier alpha value is -0.900. The second-order valence-electron chi connectivity index (χ2n) is 2.75. The summed E-state index contributed by atoms with van der Waals surface area (Å²) in [5.41, 5.74) is 0. The molecule has 1 rings (SSSR count). The highest BCUT2D eigenvalue weighted by molar-refractivity contribution is 4.93. The molecule has 0 fully saturated rings. The summed E-state index contributed by atoms with van der Waals surface area (Å²) in [5, 5.41) is 3.05. The van der Waals surface area contributed by atoms with Gasteiger partial charge in [0.25, 0.3) is 0 Å². The van der Waals surface area contributed by atoms with Crippen LogP contribution in [0.5, 0.6) is 0 Å². The Morgan fingerprint density at radius 2 is 2.50 bits per heavy atom. The number of hydrogen-bond donors (Lipinski definition) is 1. The third-order valence-corrected chi connectivity index (χ3v) is 1.71. The van der Waals surface area contributed by atoms with Crippen LogP contribution >= 0.6 is 0 Å². The van der Waals surface area contributed by atoms with Gasteiger partial charge in [-0.1, -0.05) is 0 Å². The molecule has 0 spiro atoms. The Morgan fingerprint density at radius 1 is 1.75 bits per heavy atom. The van der Waals surface area contributed by atoms with Crippen LogP contribution in [0.15, 0.2) is 10.6 Å². The van der Waals surface area contributed by atoms with Gasteiger partial charge in [-0.15, -0.1) is 0 Å². The van der Waals surface area contributed by atoms with Crippen molar-refractivity contribution in [3.8, 4) is 0 Å². The first-order chi connectivity index (χ1) is 5.76. The van der Waals surface area contributed by atoms with E-state index in [0.29, 0.717) is 24.1 Å². The first-order valence-corrected chi connectivity index (χ1v) is 3.93. The fourth-order valence-corrected chi connectivity index (χ4v) is 0.868. The van der Waals surface area contributed by atoms with E-state index in [2.05, 4.69) is 10.3 Å². The molecule has 3 nitrogen and oxygen atoms in total. The topological polar surface area (TPSA) is 38.1 Å². The summed E-state index contributed by atoms with van der Waals surface area (Å²) in [6, 6.07) is 0.302. The Bertz CT molecular complexity index is 237. The van der Waals surface area contributed by atoms with Crippen molar-refractivity contribution < 1.29 is 8.81 Å². The van der Waals surface area contributed by atoms with Gasteiger partial charge in [0.05, 0.1) is 6.20 Å². The molecule has 0 bridgehead atoms. The maximum absolute atomic E-state index is 12.0. The molecular formula is C8H13FN2O. The predicted octanol–water partition coefficient (Wildman–Crippen LogP) is 1.29. The van der Waals surface area contributed by atoms with E-state index in [4.69, 9.17) is 4.42 Å². The lowest BCUT2D eigenvalue weighted by Crippen LogP contribution is -2.23. The summed E-state index contributed by atoms with van der Waals surface area (Å²) in [5.74, 6) is 0.887. The number of likely N-dealkylation sites (N-methyl/N-ethyl adjacent to an activating group) is 1. The van der Waals surface area contributed by atoms with Crippen LogP contribution in [0, 0.1) is 0 Å². The van der Waals surface area contributed by atoms with Crippen LogP contribution in [0.25, 0.3) is 0 Å². The number of nitrogens with zero attached hydrogens (tertiary/aromatic N) is 1. The Kier molecular flexibility index (Phi) is 3.22. The van der Waals surface area contributed by atoms with Crippen molar-refractivity contribution in [1.82, 2.24) is 10.3 Å². The van der Waals surface area contributed by atoms with Gasteiger partial charge in [0.1, 0.15) is 6.67 Å². The highest BCUT2D eigenvalue weighted by Crippen LogP contribution is 2.06. The van der Waals surface area contributed by atoms with Crippen molar-refractivity contribution >= 4 is 0 Å². The maximum atomic E-state index is 12.0. The Morgan fingerprint density at radius 3 is 3.00 bits per heavy atom. The van der Waals surface area contributed by atoms with Crippen molar-refractivity contribution in [2.75, 3.05) is 7.05 Å². The van der Waals surface area contributed by atoms with Crippen molar-refractivity contribution in [2.24, 2.45) is 0 Å². The van der Waals surface area contributed by atoms with Gasteiger partial charge >= 0.3 is 0 Å². The van der Waals surface area contributed by atoms with E-state index >= 15 is 0 Å². The van der Waals surface area contributed by atoms with E-state index in [9.17, 15) is 4.39 Å². The second kappa shape index (κ2) is 4.21. The lowest BCUT2D eigenvalue weighted by atomic mass is 10.2. The third kappa shape index (κ3) is 2.30. The van der Waals surface area contributed by atoms with Crippen LogP contribution in [-0.4, -0.2) is 18.1 Å². The summed E-state index contributed by atoms with van der Waals surface area (Å²) in [6.45, 7) is 1.43. The van der Waals surface area contributed by atoms with E-state index in [0.717, 1.165) is 0 Å². The summed E-state index contributed by atoms with van der Waals surface area (Å²) in [7, 11) is 1.86. The molecular weight excluding hydrogens is 159 g/mol. The molecule has 4 heteroatoms. The van der Waals surface area contributed by atoms with Gasteiger partial charge in [-0.05, 0) is 14.0 Å². The van der Waals surface area contributed by atoms with Gasteiger partial charge in [0.2, 0.25) is 0 Å². The molecule has 0 aliphatic rings. The fourth-order valence-electron chi connectivity index (χ4n) is 0.868. The molecule has 0 radical (unpaired) electrons. The first kappa shape index (κ1) is 9.19. The lowest BCUT2D eigenvalue weighted by Gasteiger charge is -2.05. The number of halogens is 1. The molecule has 0 aliphatic heterocycles. The molecule has 1 heterocycles. The number of oxazole rings is 1. The minimum absolute atomic E-state index is 0.299. The zero-order chi connectivity index (χ0) is 8.97. The standard InChI is InChI=1S/C8H13FN2O/c1-6(10-2)3-8-11-5-7(4-9)12-8/h5-6,10H,3-4H2,1-2H3. The molecule has 0 saturated carbocycles. The minimum Gasteiger partial charge on any atom is -0.443 e. The van der Waals surface area contributed by atoms with Crippen molar-refractivity contribution in [1.29, 1.82) is 0 Å². The molecule has 0 aromatic carbocycles. The van der Waals surface area contributed by atoms with Crippen LogP contribution in [0.4, 0.5) is 4.39 Å². The number of aromatic nitrogens is 1. The molecule has 1 aromatic rings. The molecule has 1 atom stereocenters. The van der Waals surface area contributed by atoms with Gasteiger partial charge in [-0.25, -0.2) is 9.37 Å². The SMILES string of the molecule is CNC(C)Cc1ncc(CF)o1. The van der Waals surface area contributed by atoms with E-state index < -0.39 is 6.67 Å². The van der Waals surface area contributed by atoms with Gasteiger partial charge in [-0.2, -0.15) is 0 Å². The normalized spacial score (nSPS) is 13.2. The molecule has 12 heavy (non-hydrogen) atoms. The highest BCUT2D eigenvalue weighted by Gasteiger charge is 2.06. The Labute approximate surface area is 71.0 Å². The van der Waals surface area contributed by atoms with Gasteiger partial charge in [0, 0.05) is 12.5 Å². The summed E-state index contributed by atoms with van der Waals surface area (Å²) in [6.07, 6.45) is 2.12. The second-order valence-corrected chi connectivity index (χ2v) is 2.75. The predicted molar refractivity (Wildman–Crippen MR) is 43.5 cm³/mol. The molecule has 68 valence electrons. The van der Waals surface area contributed by atoms with Gasteiger partial charge < -0.3 is 9.73 Å². The minimum atomic E-state index is -0.582. The number of hydrogen-bond acceptors (Lipinski definition) is 3. The molecule has 1 unspecified atom stereocenters. The van der Waals surface area contributed by atoms with E-state index in [1.807, 2.05) is 14.0 Å². The van der Waals surface area contributed by atoms with Crippen LogP contribution in [-0.2, 0) is 13.1 Å². The van der Waals surface area contributed by atoms with Crippen molar-refractivity contribution in [3.05, 3.63) is 17.8 Å². The monoisotopic (exact) mass is 172 g/mol. The number of nitrogens with one attached hydrogen (secondary N) is 1. The van der Waals surface area contributed by atoms with E-state index in [1.54, 1.807) is 0 Å².